The van der Waals surface area contributed by atoms with Crippen molar-refractivity contribution in [1.29, 1.82) is 0 Å². The van der Waals surface area contributed by atoms with Crippen LogP contribution in [-0.2, 0) is 4.74 Å². The molecule has 0 aliphatic carbocycles. The number of ether oxygens (including phenoxy) is 1. The van der Waals surface area contributed by atoms with Gasteiger partial charge in [-0.1, -0.05) is 23.2 Å². The van der Waals surface area contributed by atoms with Gasteiger partial charge in [-0.15, -0.1) is 10.2 Å². The zero-order chi connectivity index (χ0) is 13.1. The van der Waals surface area contributed by atoms with Gasteiger partial charge in [0, 0.05) is 15.6 Å². The van der Waals surface area contributed by atoms with Crippen LogP contribution in [0, 0.1) is 0 Å². The average Bonchev–Trinajstić information content (AvgIpc) is 2.77. The SMILES string of the molecule is CCOC(=O)c1nnc(-c2cc(Cl)cc(Cl)c2)o1. The van der Waals surface area contributed by atoms with E-state index in [1.165, 1.54) is 0 Å². The van der Waals surface area contributed by atoms with Gasteiger partial charge in [0.15, 0.2) is 0 Å². The minimum atomic E-state index is -0.663. The Balaban J connectivity index is 2.32. The first-order valence-electron chi connectivity index (χ1n) is 5.07. The summed E-state index contributed by atoms with van der Waals surface area (Å²) >= 11 is 11.7. The van der Waals surface area contributed by atoms with Crippen LogP contribution in [0.5, 0.6) is 0 Å². The van der Waals surface area contributed by atoms with Gasteiger partial charge in [0.1, 0.15) is 0 Å². The lowest BCUT2D eigenvalue weighted by Crippen LogP contribution is -2.04. The molecular formula is C11H8Cl2N2O3. The largest absolute Gasteiger partial charge is 0.459 e. The summed E-state index contributed by atoms with van der Waals surface area (Å²) in [6.45, 7) is 1.92. The van der Waals surface area contributed by atoms with Crippen molar-refractivity contribution >= 4 is 29.2 Å². The third kappa shape index (κ3) is 2.80. The summed E-state index contributed by atoms with van der Waals surface area (Å²) < 4.78 is 9.92. The maximum atomic E-state index is 11.4. The monoisotopic (exact) mass is 286 g/mol. The minimum absolute atomic E-state index is 0.155. The number of rotatable bonds is 3. The van der Waals surface area contributed by atoms with E-state index in [2.05, 4.69) is 10.2 Å². The predicted octanol–water partition coefficient (Wildman–Crippen LogP) is 3.22. The molecule has 0 N–H and O–H groups in total. The van der Waals surface area contributed by atoms with Crippen LogP contribution in [0.1, 0.15) is 17.6 Å². The van der Waals surface area contributed by atoms with E-state index in [9.17, 15) is 4.79 Å². The number of aromatic nitrogens is 2. The second kappa shape index (κ2) is 5.37. The number of halogens is 2. The Bertz CT molecular complexity index is 563. The second-order valence-electron chi connectivity index (χ2n) is 3.29. The van der Waals surface area contributed by atoms with Gasteiger partial charge >= 0.3 is 11.9 Å². The highest BCUT2D eigenvalue weighted by Gasteiger charge is 2.17. The van der Waals surface area contributed by atoms with Gasteiger partial charge in [-0.05, 0) is 25.1 Å². The van der Waals surface area contributed by atoms with E-state index in [0.29, 0.717) is 15.6 Å². The fourth-order valence-electron chi connectivity index (χ4n) is 1.29. The van der Waals surface area contributed by atoms with E-state index >= 15 is 0 Å². The molecule has 5 nitrogen and oxygen atoms in total. The fraction of sp³-hybridized carbons (Fsp3) is 0.182. The molecule has 2 aromatic rings. The minimum Gasteiger partial charge on any atom is -0.459 e. The number of carbonyl (C=O) groups is 1. The van der Waals surface area contributed by atoms with Crippen molar-refractivity contribution < 1.29 is 13.9 Å². The Morgan fingerprint density at radius 1 is 1.28 bits per heavy atom. The fourth-order valence-corrected chi connectivity index (χ4v) is 1.82. The molecule has 7 heteroatoms. The topological polar surface area (TPSA) is 65.2 Å². The number of benzene rings is 1. The molecule has 2 rings (SSSR count). The summed E-state index contributed by atoms with van der Waals surface area (Å²) in [6.07, 6.45) is 0. The molecule has 0 aliphatic heterocycles. The molecule has 0 aliphatic rings. The molecule has 1 aromatic carbocycles. The van der Waals surface area contributed by atoms with E-state index in [1.54, 1.807) is 25.1 Å². The van der Waals surface area contributed by atoms with Crippen LogP contribution in [-0.4, -0.2) is 22.8 Å². The Hall–Kier alpha value is -1.59. The first kappa shape index (κ1) is 12.9. The number of nitrogens with zero attached hydrogens (tertiary/aromatic N) is 2. The van der Waals surface area contributed by atoms with Crippen molar-refractivity contribution in [2.45, 2.75) is 6.92 Å². The van der Waals surface area contributed by atoms with Crippen LogP contribution in [0.15, 0.2) is 22.6 Å². The Morgan fingerprint density at radius 2 is 1.94 bits per heavy atom. The first-order chi connectivity index (χ1) is 8.60. The lowest BCUT2D eigenvalue weighted by atomic mass is 10.2. The number of carbonyl (C=O) groups excluding carboxylic acids is 1. The number of esters is 1. The van der Waals surface area contributed by atoms with Crippen LogP contribution in [0.25, 0.3) is 11.5 Å². The van der Waals surface area contributed by atoms with Crippen LogP contribution >= 0.6 is 23.2 Å². The Kier molecular flexibility index (Phi) is 3.84. The summed E-state index contributed by atoms with van der Waals surface area (Å²) in [5, 5.41) is 8.21. The van der Waals surface area contributed by atoms with Crippen molar-refractivity contribution in [3.8, 4) is 11.5 Å². The van der Waals surface area contributed by atoms with Gasteiger partial charge in [-0.3, -0.25) is 0 Å². The summed E-state index contributed by atoms with van der Waals surface area (Å²) in [4.78, 5) is 11.4. The maximum absolute atomic E-state index is 11.4. The average molecular weight is 287 g/mol. The normalized spacial score (nSPS) is 10.4. The predicted molar refractivity (Wildman–Crippen MR) is 65.7 cm³/mol. The maximum Gasteiger partial charge on any atom is 0.396 e. The van der Waals surface area contributed by atoms with Crippen molar-refractivity contribution in [3.05, 3.63) is 34.1 Å². The standard InChI is InChI=1S/C11H8Cl2N2O3/c1-2-17-11(16)10-15-14-9(18-10)6-3-7(12)5-8(13)4-6/h3-5H,2H2,1H3. The molecule has 0 fully saturated rings. The molecule has 0 saturated carbocycles. The van der Waals surface area contributed by atoms with E-state index in [-0.39, 0.29) is 18.4 Å². The highest BCUT2D eigenvalue weighted by Crippen LogP contribution is 2.26. The third-order valence-electron chi connectivity index (χ3n) is 1.98. The van der Waals surface area contributed by atoms with Crippen molar-refractivity contribution in [1.82, 2.24) is 10.2 Å². The first-order valence-corrected chi connectivity index (χ1v) is 5.83. The Labute approximate surface area is 113 Å². The second-order valence-corrected chi connectivity index (χ2v) is 4.16. The number of hydrogen-bond acceptors (Lipinski definition) is 5. The quantitative estimate of drug-likeness (QED) is 0.811. The third-order valence-corrected chi connectivity index (χ3v) is 2.42. The molecule has 94 valence electrons. The smallest absolute Gasteiger partial charge is 0.396 e. The molecule has 0 amide bonds. The van der Waals surface area contributed by atoms with Gasteiger partial charge in [0.05, 0.1) is 6.61 Å². The van der Waals surface area contributed by atoms with Gasteiger partial charge in [0.25, 0.3) is 0 Å². The molecule has 18 heavy (non-hydrogen) atoms. The van der Waals surface area contributed by atoms with E-state index < -0.39 is 5.97 Å². The van der Waals surface area contributed by atoms with Crippen LogP contribution in [0.2, 0.25) is 10.0 Å². The summed E-state index contributed by atoms with van der Waals surface area (Å²) in [5.74, 6) is -0.713. The van der Waals surface area contributed by atoms with Gasteiger partial charge < -0.3 is 9.15 Å². The lowest BCUT2D eigenvalue weighted by Gasteiger charge is -1.97. The summed E-state index contributed by atoms with van der Waals surface area (Å²) in [5.41, 5.74) is 0.538. The molecule has 0 spiro atoms. The zero-order valence-electron chi connectivity index (χ0n) is 9.31. The number of hydrogen-bond donors (Lipinski definition) is 0. The molecule has 0 radical (unpaired) electrons. The van der Waals surface area contributed by atoms with Crippen LogP contribution in [0.4, 0.5) is 0 Å². The molecule has 1 heterocycles. The van der Waals surface area contributed by atoms with E-state index in [4.69, 9.17) is 32.4 Å². The van der Waals surface area contributed by atoms with Crippen LogP contribution in [0.3, 0.4) is 0 Å². The molecular weight excluding hydrogens is 279 g/mol. The summed E-state index contributed by atoms with van der Waals surface area (Å²) in [6, 6.07) is 4.79. The lowest BCUT2D eigenvalue weighted by molar-refractivity contribution is 0.0481. The van der Waals surface area contributed by atoms with Crippen molar-refractivity contribution in [3.63, 3.8) is 0 Å². The molecule has 0 saturated heterocycles. The highest BCUT2D eigenvalue weighted by atomic mass is 35.5. The van der Waals surface area contributed by atoms with Crippen molar-refractivity contribution in [2.75, 3.05) is 6.61 Å². The molecule has 0 bridgehead atoms. The van der Waals surface area contributed by atoms with Gasteiger partial charge in [-0.25, -0.2) is 4.79 Å². The molecule has 0 unspecified atom stereocenters. The molecule has 1 aromatic heterocycles. The van der Waals surface area contributed by atoms with Crippen LogP contribution < -0.4 is 0 Å². The Morgan fingerprint density at radius 3 is 2.56 bits per heavy atom. The highest BCUT2D eigenvalue weighted by molar-refractivity contribution is 6.35. The molecule has 0 atom stereocenters. The van der Waals surface area contributed by atoms with Gasteiger partial charge in [-0.2, -0.15) is 0 Å². The zero-order valence-corrected chi connectivity index (χ0v) is 10.8. The van der Waals surface area contributed by atoms with Crippen molar-refractivity contribution in [2.24, 2.45) is 0 Å². The van der Waals surface area contributed by atoms with Gasteiger partial charge in [0.2, 0.25) is 5.89 Å². The van der Waals surface area contributed by atoms with E-state index in [0.717, 1.165) is 0 Å². The van der Waals surface area contributed by atoms with E-state index in [1.807, 2.05) is 0 Å². The summed E-state index contributed by atoms with van der Waals surface area (Å²) in [7, 11) is 0.